The van der Waals surface area contributed by atoms with Gasteiger partial charge in [-0.3, -0.25) is 0 Å². The molecule has 3 rings (SSSR count). The summed E-state index contributed by atoms with van der Waals surface area (Å²) in [6.45, 7) is 0.781. The molecule has 0 amide bonds. The molecule has 106 valence electrons. The minimum atomic E-state index is 0.591. The molecule has 5 nitrogen and oxygen atoms in total. The van der Waals surface area contributed by atoms with E-state index in [0.717, 1.165) is 23.0 Å². The van der Waals surface area contributed by atoms with Crippen molar-refractivity contribution in [1.82, 2.24) is 15.5 Å². The van der Waals surface area contributed by atoms with Crippen molar-refractivity contribution in [3.8, 4) is 10.9 Å². The second-order valence-corrected chi connectivity index (χ2v) is 6.14. The summed E-state index contributed by atoms with van der Waals surface area (Å²) in [6, 6.07) is 8.61. The maximum Gasteiger partial charge on any atom is 0.299 e. The maximum absolute atomic E-state index is 5.76. The molecule has 1 saturated carbocycles. The molecule has 1 aliphatic carbocycles. The molecular weight excluding hydrogens is 272 g/mol. The highest BCUT2D eigenvalue weighted by molar-refractivity contribution is 7.13. The van der Waals surface area contributed by atoms with Crippen LogP contribution in [0.15, 0.2) is 24.3 Å². The summed E-state index contributed by atoms with van der Waals surface area (Å²) in [5.41, 5.74) is 1.10. The number of benzene rings is 1. The van der Waals surface area contributed by atoms with E-state index >= 15 is 0 Å². The Morgan fingerprint density at radius 1 is 1.35 bits per heavy atom. The van der Waals surface area contributed by atoms with Crippen LogP contribution in [0, 0.1) is 0 Å². The first-order chi connectivity index (χ1) is 9.70. The van der Waals surface area contributed by atoms with Gasteiger partial charge in [0.1, 0.15) is 10.8 Å². The molecule has 1 aliphatic rings. The molecule has 20 heavy (non-hydrogen) atoms. The Morgan fingerprint density at radius 3 is 2.95 bits per heavy atom. The van der Waals surface area contributed by atoms with Crippen molar-refractivity contribution in [2.24, 2.45) is 0 Å². The lowest BCUT2D eigenvalue weighted by molar-refractivity contribution is 0.473. The molecule has 2 aromatic rings. The normalized spacial score (nSPS) is 14.3. The van der Waals surface area contributed by atoms with Crippen LogP contribution < -0.4 is 15.0 Å². The average Bonchev–Trinajstić information content (AvgIpc) is 3.17. The van der Waals surface area contributed by atoms with Crippen LogP contribution >= 0.6 is 11.3 Å². The van der Waals surface area contributed by atoms with Gasteiger partial charge in [-0.15, -0.1) is 5.10 Å². The van der Waals surface area contributed by atoms with E-state index in [2.05, 4.69) is 15.5 Å². The van der Waals surface area contributed by atoms with Crippen molar-refractivity contribution in [1.29, 1.82) is 0 Å². The van der Waals surface area contributed by atoms with E-state index in [-0.39, 0.29) is 0 Å². The van der Waals surface area contributed by atoms with Crippen LogP contribution in [-0.4, -0.2) is 30.3 Å². The third-order valence-corrected chi connectivity index (χ3v) is 3.91. The van der Waals surface area contributed by atoms with E-state index in [1.807, 2.05) is 43.3 Å². The van der Waals surface area contributed by atoms with Gasteiger partial charge in [-0.2, -0.15) is 0 Å². The predicted octanol–water partition coefficient (Wildman–Crippen LogP) is 2.65. The molecule has 0 aliphatic heterocycles. The summed E-state index contributed by atoms with van der Waals surface area (Å²) in [4.78, 5) is 2.04. The lowest BCUT2D eigenvalue weighted by Crippen LogP contribution is -2.14. The summed E-state index contributed by atoms with van der Waals surface area (Å²) >= 11 is 1.49. The Morgan fingerprint density at radius 2 is 2.20 bits per heavy atom. The van der Waals surface area contributed by atoms with E-state index in [9.17, 15) is 0 Å². The largest absolute Gasteiger partial charge is 0.430 e. The highest BCUT2D eigenvalue weighted by atomic mass is 32.1. The summed E-state index contributed by atoms with van der Waals surface area (Å²) in [5.74, 6) is 0.786. The summed E-state index contributed by atoms with van der Waals surface area (Å²) in [6.07, 6.45) is 2.55. The topological polar surface area (TPSA) is 50.3 Å². The molecule has 1 aromatic heterocycles. The molecule has 0 unspecified atom stereocenters. The van der Waals surface area contributed by atoms with E-state index < -0.39 is 0 Å². The van der Waals surface area contributed by atoms with Gasteiger partial charge in [-0.1, -0.05) is 22.5 Å². The highest BCUT2D eigenvalue weighted by Gasteiger charge is 2.20. The predicted molar refractivity (Wildman–Crippen MR) is 80.6 cm³/mol. The molecule has 0 bridgehead atoms. The van der Waals surface area contributed by atoms with Gasteiger partial charge in [0, 0.05) is 31.9 Å². The summed E-state index contributed by atoms with van der Waals surface area (Å²) < 4.78 is 5.76. The second kappa shape index (κ2) is 5.76. The second-order valence-electron chi connectivity index (χ2n) is 5.11. The van der Waals surface area contributed by atoms with Crippen LogP contribution in [0.2, 0.25) is 0 Å². The smallest absolute Gasteiger partial charge is 0.299 e. The van der Waals surface area contributed by atoms with Crippen molar-refractivity contribution in [3.63, 3.8) is 0 Å². The van der Waals surface area contributed by atoms with Crippen molar-refractivity contribution >= 4 is 17.0 Å². The highest BCUT2D eigenvalue weighted by Crippen LogP contribution is 2.28. The van der Waals surface area contributed by atoms with Gasteiger partial charge in [0.15, 0.2) is 0 Å². The van der Waals surface area contributed by atoms with Crippen molar-refractivity contribution in [3.05, 3.63) is 29.3 Å². The van der Waals surface area contributed by atoms with Crippen molar-refractivity contribution < 1.29 is 4.74 Å². The van der Waals surface area contributed by atoms with Crippen molar-refractivity contribution in [2.75, 3.05) is 19.0 Å². The van der Waals surface area contributed by atoms with Crippen LogP contribution in [0.1, 0.15) is 17.8 Å². The molecule has 1 heterocycles. The number of rotatable bonds is 6. The lowest BCUT2D eigenvalue weighted by atomic mass is 10.3. The molecule has 0 saturated heterocycles. The van der Waals surface area contributed by atoms with E-state index in [0.29, 0.717) is 11.2 Å². The fourth-order valence-corrected chi connectivity index (χ4v) is 2.45. The fourth-order valence-electron chi connectivity index (χ4n) is 1.80. The number of aromatic nitrogens is 2. The number of nitrogens with one attached hydrogen (secondary N) is 1. The van der Waals surface area contributed by atoms with Crippen LogP contribution in [0.4, 0.5) is 5.69 Å². The molecule has 0 spiro atoms. The first-order valence-corrected chi connectivity index (χ1v) is 7.53. The monoisotopic (exact) mass is 290 g/mol. The Bertz CT molecular complexity index is 580. The summed E-state index contributed by atoms with van der Waals surface area (Å²) in [5, 5.41) is 13.2. The quantitative estimate of drug-likeness (QED) is 0.886. The number of ether oxygens (including phenoxy) is 1. The lowest BCUT2D eigenvalue weighted by Gasteiger charge is -2.12. The van der Waals surface area contributed by atoms with Crippen LogP contribution in [-0.2, 0) is 6.54 Å². The Kier molecular flexibility index (Phi) is 3.84. The zero-order valence-electron chi connectivity index (χ0n) is 11.7. The maximum atomic E-state index is 5.76. The van der Waals surface area contributed by atoms with Crippen LogP contribution in [0.3, 0.4) is 0 Å². The number of anilines is 1. The van der Waals surface area contributed by atoms with Crippen LogP contribution in [0.25, 0.3) is 0 Å². The van der Waals surface area contributed by atoms with Gasteiger partial charge in [0.2, 0.25) is 0 Å². The standard InChI is InChI=1S/C14H18N4OS/c1-18(2)11-4-3-5-12(8-11)19-14-17-16-13(20-14)9-15-10-6-7-10/h3-5,8,10,15H,6-7,9H2,1-2H3. The fraction of sp³-hybridized carbons (Fsp3) is 0.429. The molecule has 0 atom stereocenters. The number of hydrogen-bond donors (Lipinski definition) is 1. The van der Waals surface area contributed by atoms with Gasteiger partial charge in [-0.25, -0.2) is 0 Å². The molecular formula is C14H18N4OS. The third-order valence-electron chi connectivity index (χ3n) is 3.11. The summed E-state index contributed by atoms with van der Waals surface area (Å²) in [7, 11) is 4.01. The minimum Gasteiger partial charge on any atom is -0.430 e. The van der Waals surface area contributed by atoms with Gasteiger partial charge in [0.05, 0.1) is 6.54 Å². The van der Waals surface area contributed by atoms with Crippen molar-refractivity contribution in [2.45, 2.75) is 25.4 Å². The number of nitrogens with zero attached hydrogens (tertiary/aromatic N) is 3. The molecule has 1 aromatic carbocycles. The zero-order valence-corrected chi connectivity index (χ0v) is 12.5. The average molecular weight is 290 g/mol. The molecule has 1 fully saturated rings. The first-order valence-electron chi connectivity index (χ1n) is 6.72. The zero-order chi connectivity index (χ0) is 13.9. The van der Waals surface area contributed by atoms with E-state index in [1.54, 1.807) is 0 Å². The minimum absolute atomic E-state index is 0.591. The Labute approximate surface area is 122 Å². The molecule has 0 radical (unpaired) electrons. The molecule has 6 heteroatoms. The third kappa shape index (κ3) is 3.46. The molecule has 1 N–H and O–H groups in total. The first kappa shape index (κ1) is 13.3. The van der Waals surface area contributed by atoms with Gasteiger partial charge in [0.25, 0.3) is 5.19 Å². The van der Waals surface area contributed by atoms with Gasteiger partial charge in [-0.05, 0) is 25.0 Å². The van der Waals surface area contributed by atoms with Crippen LogP contribution in [0.5, 0.6) is 10.9 Å². The van der Waals surface area contributed by atoms with Gasteiger partial charge < -0.3 is 15.0 Å². The van der Waals surface area contributed by atoms with E-state index in [1.165, 1.54) is 24.2 Å². The van der Waals surface area contributed by atoms with Gasteiger partial charge >= 0.3 is 0 Å². The Balaban J connectivity index is 1.63. The Hall–Kier alpha value is -1.66. The number of hydrogen-bond acceptors (Lipinski definition) is 6. The van der Waals surface area contributed by atoms with E-state index in [4.69, 9.17) is 4.74 Å². The SMILES string of the molecule is CN(C)c1cccc(Oc2nnc(CNC3CC3)s2)c1.